The van der Waals surface area contributed by atoms with Crippen LogP contribution in [0.25, 0.3) is 0 Å². The summed E-state index contributed by atoms with van der Waals surface area (Å²) in [6.07, 6.45) is 3.19. The van der Waals surface area contributed by atoms with Gasteiger partial charge in [0.15, 0.2) is 0 Å². The highest BCUT2D eigenvalue weighted by Crippen LogP contribution is 2.10. The third kappa shape index (κ3) is 3.08. The van der Waals surface area contributed by atoms with E-state index in [-0.39, 0.29) is 24.2 Å². The van der Waals surface area contributed by atoms with E-state index in [9.17, 15) is 4.79 Å². The number of hydrogen-bond donors (Lipinski definition) is 2. The molecule has 1 atom stereocenters. The lowest BCUT2D eigenvalue weighted by Crippen LogP contribution is -2.33. The second-order valence-electron chi connectivity index (χ2n) is 2.72. The van der Waals surface area contributed by atoms with Gasteiger partial charge in [-0.1, -0.05) is 6.42 Å². The summed E-state index contributed by atoms with van der Waals surface area (Å²) in [7, 11) is 0. The number of nitrogens with two attached hydrogens (primary N) is 1. The topological polar surface area (TPSA) is 55.1 Å². The minimum absolute atomic E-state index is 0. The first kappa shape index (κ1) is 10.7. The molecular weight excluding hydrogens is 164 g/mol. The average Bonchev–Trinajstić information content (AvgIpc) is 2.13. The smallest absolute Gasteiger partial charge is 0.224 e. The summed E-state index contributed by atoms with van der Waals surface area (Å²) in [5.41, 5.74) is 5.40. The van der Waals surface area contributed by atoms with Crippen molar-refractivity contribution in [1.82, 2.24) is 5.32 Å². The predicted molar refractivity (Wildman–Crippen MR) is 46.7 cm³/mol. The van der Waals surface area contributed by atoms with Crippen molar-refractivity contribution in [2.24, 2.45) is 11.7 Å². The number of hydrogen-bond acceptors (Lipinski definition) is 2. The zero-order valence-electron chi connectivity index (χ0n) is 6.51. The predicted octanol–water partition coefficient (Wildman–Crippen LogP) is 0.283. The quantitative estimate of drug-likeness (QED) is 0.606. The molecule has 4 heteroatoms. The second kappa shape index (κ2) is 5.38. The molecule has 11 heavy (non-hydrogen) atoms. The first-order chi connectivity index (χ1) is 4.84. The monoisotopic (exact) mass is 178 g/mol. The minimum Gasteiger partial charge on any atom is -0.356 e. The molecule has 1 aliphatic rings. The van der Waals surface area contributed by atoms with E-state index < -0.39 is 0 Å². The average molecular weight is 179 g/mol. The van der Waals surface area contributed by atoms with Gasteiger partial charge in [-0.3, -0.25) is 4.79 Å². The number of halogens is 1. The molecule has 1 unspecified atom stereocenters. The van der Waals surface area contributed by atoms with Gasteiger partial charge >= 0.3 is 0 Å². The van der Waals surface area contributed by atoms with Crippen molar-refractivity contribution in [2.75, 3.05) is 13.1 Å². The molecular formula is C7H15ClN2O. The summed E-state index contributed by atoms with van der Waals surface area (Å²) < 4.78 is 0. The second-order valence-corrected chi connectivity index (χ2v) is 2.72. The summed E-state index contributed by atoms with van der Waals surface area (Å²) in [6, 6.07) is 0. The summed E-state index contributed by atoms with van der Waals surface area (Å²) in [4.78, 5) is 11.1. The molecule has 0 aromatic rings. The van der Waals surface area contributed by atoms with E-state index in [1.54, 1.807) is 0 Å². The van der Waals surface area contributed by atoms with Crippen molar-refractivity contribution < 1.29 is 4.79 Å². The molecule has 0 radical (unpaired) electrons. The van der Waals surface area contributed by atoms with Crippen molar-refractivity contribution in [3.8, 4) is 0 Å². The highest BCUT2D eigenvalue weighted by molar-refractivity contribution is 5.85. The first-order valence-corrected chi connectivity index (χ1v) is 3.82. The normalized spacial score (nSPS) is 24.8. The molecule has 0 aromatic carbocycles. The third-order valence-electron chi connectivity index (χ3n) is 1.93. The molecule has 1 amide bonds. The zero-order valence-corrected chi connectivity index (χ0v) is 7.32. The Morgan fingerprint density at radius 1 is 1.55 bits per heavy atom. The molecule has 1 heterocycles. The Bertz CT molecular complexity index is 130. The molecule has 66 valence electrons. The van der Waals surface area contributed by atoms with Gasteiger partial charge in [-0.2, -0.15) is 0 Å². The van der Waals surface area contributed by atoms with E-state index in [1.807, 2.05) is 0 Å². The van der Waals surface area contributed by atoms with Crippen molar-refractivity contribution in [3.05, 3.63) is 0 Å². The van der Waals surface area contributed by atoms with Gasteiger partial charge < -0.3 is 11.1 Å². The Morgan fingerprint density at radius 3 is 2.91 bits per heavy atom. The summed E-state index contributed by atoms with van der Waals surface area (Å²) in [5, 5.41) is 2.83. The maximum absolute atomic E-state index is 11.1. The Morgan fingerprint density at radius 2 is 2.27 bits per heavy atom. The molecule has 1 saturated heterocycles. The van der Waals surface area contributed by atoms with E-state index in [4.69, 9.17) is 5.73 Å². The van der Waals surface area contributed by atoms with Crippen LogP contribution in [0, 0.1) is 5.92 Å². The lowest BCUT2D eigenvalue weighted by atomic mass is 10.0. The van der Waals surface area contributed by atoms with E-state index in [1.165, 1.54) is 0 Å². The number of rotatable bonds is 1. The van der Waals surface area contributed by atoms with E-state index >= 15 is 0 Å². The summed E-state index contributed by atoms with van der Waals surface area (Å²) in [6.45, 7) is 1.32. The van der Waals surface area contributed by atoms with Gasteiger partial charge in [0.05, 0.1) is 5.92 Å². The Balaban J connectivity index is 0.000001000. The molecule has 0 aromatic heterocycles. The standard InChI is InChI=1S/C7H14N2O.ClH/c8-5-6-3-1-2-4-9-7(6)10;/h6H,1-5,8H2,(H,9,10);1H. The van der Waals surface area contributed by atoms with Gasteiger partial charge in [-0.15, -0.1) is 12.4 Å². The SMILES string of the molecule is Cl.NCC1CCCCNC1=O. The summed E-state index contributed by atoms with van der Waals surface area (Å²) in [5.74, 6) is 0.211. The number of carbonyl (C=O) groups is 1. The van der Waals surface area contributed by atoms with Gasteiger partial charge in [0.2, 0.25) is 5.91 Å². The highest BCUT2D eigenvalue weighted by atomic mass is 35.5. The van der Waals surface area contributed by atoms with Crippen LogP contribution in [0.3, 0.4) is 0 Å². The Hall–Kier alpha value is -0.280. The van der Waals surface area contributed by atoms with Crippen LogP contribution in [-0.4, -0.2) is 19.0 Å². The van der Waals surface area contributed by atoms with Crippen LogP contribution >= 0.6 is 12.4 Å². The highest BCUT2D eigenvalue weighted by Gasteiger charge is 2.17. The Labute approximate surface area is 73.1 Å². The number of amides is 1. The molecule has 0 bridgehead atoms. The fourth-order valence-electron chi connectivity index (χ4n) is 1.23. The molecule has 3 N–H and O–H groups in total. The van der Waals surface area contributed by atoms with Crippen LogP contribution in [0.15, 0.2) is 0 Å². The fourth-order valence-corrected chi connectivity index (χ4v) is 1.23. The van der Waals surface area contributed by atoms with Crippen molar-refractivity contribution in [2.45, 2.75) is 19.3 Å². The minimum atomic E-state index is 0. The van der Waals surface area contributed by atoms with E-state index in [2.05, 4.69) is 5.32 Å². The van der Waals surface area contributed by atoms with Crippen LogP contribution in [-0.2, 0) is 4.79 Å². The molecule has 0 aliphatic carbocycles. The molecule has 1 aliphatic heterocycles. The molecule has 0 saturated carbocycles. The number of nitrogens with one attached hydrogen (secondary N) is 1. The van der Waals surface area contributed by atoms with Gasteiger partial charge in [0.1, 0.15) is 0 Å². The fraction of sp³-hybridized carbons (Fsp3) is 0.857. The van der Waals surface area contributed by atoms with Crippen molar-refractivity contribution in [3.63, 3.8) is 0 Å². The van der Waals surface area contributed by atoms with Gasteiger partial charge in [0.25, 0.3) is 0 Å². The van der Waals surface area contributed by atoms with Gasteiger partial charge in [-0.05, 0) is 12.8 Å². The van der Waals surface area contributed by atoms with Crippen molar-refractivity contribution in [1.29, 1.82) is 0 Å². The van der Waals surface area contributed by atoms with E-state index in [0.29, 0.717) is 6.54 Å². The lowest BCUT2D eigenvalue weighted by Gasteiger charge is -2.08. The molecule has 0 spiro atoms. The van der Waals surface area contributed by atoms with Crippen LogP contribution in [0.2, 0.25) is 0 Å². The third-order valence-corrected chi connectivity index (χ3v) is 1.93. The lowest BCUT2D eigenvalue weighted by molar-refractivity contribution is -0.124. The molecule has 3 nitrogen and oxygen atoms in total. The molecule has 1 fully saturated rings. The Kier molecular flexibility index (Phi) is 5.24. The maximum atomic E-state index is 11.1. The number of carbonyl (C=O) groups excluding carboxylic acids is 1. The van der Waals surface area contributed by atoms with Gasteiger partial charge in [0, 0.05) is 13.1 Å². The van der Waals surface area contributed by atoms with Crippen molar-refractivity contribution >= 4 is 18.3 Å². The van der Waals surface area contributed by atoms with Crippen LogP contribution in [0.5, 0.6) is 0 Å². The van der Waals surface area contributed by atoms with Crippen LogP contribution < -0.4 is 11.1 Å². The van der Waals surface area contributed by atoms with Crippen LogP contribution in [0.4, 0.5) is 0 Å². The van der Waals surface area contributed by atoms with E-state index in [0.717, 1.165) is 25.8 Å². The first-order valence-electron chi connectivity index (χ1n) is 3.82. The largest absolute Gasteiger partial charge is 0.356 e. The molecule has 1 rings (SSSR count). The summed E-state index contributed by atoms with van der Waals surface area (Å²) >= 11 is 0. The van der Waals surface area contributed by atoms with Gasteiger partial charge in [-0.25, -0.2) is 0 Å². The van der Waals surface area contributed by atoms with Crippen LogP contribution in [0.1, 0.15) is 19.3 Å². The zero-order chi connectivity index (χ0) is 7.40. The maximum Gasteiger partial charge on any atom is 0.224 e.